The van der Waals surface area contributed by atoms with Crippen molar-refractivity contribution in [1.82, 2.24) is 0 Å². The monoisotopic (exact) mass is 1130 g/mol. The number of rotatable bonds is 64. The minimum atomic E-state index is -0.787. The van der Waals surface area contributed by atoms with Crippen LogP contribution in [0.2, 0.25) is 0 Å². The molecule has 1 unspecified atom stereocenters. The number of allylic oxidation sites excluding steroid dienone is 14. The number of unbranched alkanes of at least 4 members (excludes halogenated alkanes) is 39. The highest BCUT2D eigenvalue weighted by molar-refractivity contribution is 5.71. The van der Waals surface area contributed by atoms with Gasteiger partial charge in [0.1, 0.15) is 13.2 Å². The van der Waals surface area contributed by atoms with Crippen molar-refractivity contribution in [3.8, 4) is 0 Å². The minimum Gasteiger partial charge on any atom is -0.462 e. The van der Waals surface area contributed by atoms with E-state index in [1.807, 2.05) is 0 Å². The molecular weight excluding hydrogens is 997 g/mol. The Labute approximate surface area is 503 Å². The molecule has 0 N–H and O–H groups in total. The largest absolute Gasteiger partial charge is 0.462 e. The molecule has 0 aromatic carbocycles. The van der Waals surface area contributed by atoms with Crippen LogP contribution in [0.5, 0.6) is 0 Å². The molecule has 0 saturated heterocycles. The third kappa shape index (κ3) is 67.3. The first kappa shape index (κ1) is 77.6. The second-order valence-electron chi connectivity index (χ2n) is 23.4. The van der Waals surface area contributed by atoms with Gasteiger partial charge in [-0.1, -0.05) is 298 Å². The van der Waals surface area contributed by atoms with Crippen LogP contribution in [0.3, 0.4) is 0 Å². The molecule has 0 aromatic heterocycles. The van der Waals surface area contributed by atoms with Gasteiger partial charge in [0.05, 0.1) is 0 Å². The Morgan fingerprint density at radius 1 is 0.247 bits per heavy atom. The van der Waals surface area contributed by atoms with Crippen LogP contribution >= 0.6 is 0 Å². The molecule has 468 valence electrons. The van der Waals surface area contributed by atoms with E-state index in [0.29, 0.717) is 19.3 Å². The van der Waals surface area contributed by atoms with E-state index in [4.69, 9.17) is 14.2 Å². The third-order valence-corrected chi connectivity index (χ3v) is 15.3. The molecule has 6 heteroatoms. The van der Waals surface area contributed by atoms with Gasteiger partial charge < -0.3 is 14.2 Å². The average Bonchev–Trinajstić information content (AvgIpc) is 3.47. The SMILES string of the molecule is CCCCC/C=C\C/C=C\CCCCCCCCCC(=O)OCC(COC(=O)CCCCCCCCCCCC/C=C\C/C=C\C/C=C\CCCCCCC)OC(=O)CCCCCCCCCCC/C=C\C/C=C\CCCCCCC. The zero-order chi connectivity index (χ0) is 58.5. The molecule has 0 heterocycles. The third-order valence-electron chi connectivity index (χ3n) is 15.3. The number of carbonyl (C=O) groups excluding carboxylic acids is 3. The topological polar surface area (TPSA) is 78.9 Å². The van der Waals surface area contributed by atoms with E-state index in [1.165, 1.54) is 225 Å². The first-order valence-electron chi connectivity index (χ1n) is 35.1. The van der Waals surface area contributed by atoms with Crippen molar-refractivity contribution in [3.63, 3.8) is 0 Å². The van der Waals surface area contributed by atoms with Crippen LogP contribution in [0.1, 0.15) is 355 Å². The van der Waals surface area contributed by atoms with Gasteiger partial charge in [-0.25, -0.2) is 0 Å². The summed E-state index contributed by atoms with van der Waals surface area (Å²) in [5.74, 6) is -0.880. The summed E-state index contributed by atoms with van der Waals surface area (Å²) in [6, 6.07) is 0. The average molecular weight is 1130 g/mol. The van der Waals surface area contributed by atoms with Crippen molar-refractivity contribution < 1.29 is 28.6 Å². The van der Waals surface area contributed by atoms with Crippen molar-refractivity contribution in [3.05, 3.63) is 85.1 Å². The fraction of sp³-hybridized carbons (Fsp3) is 0.773. The molecule has 0 saturated carbocycles. The van der Waals surface area contributed by atoms with Gasteiger partial charge in [0.2, 0.25) is 0 Å². The van der Waals surface area contributed by atoms with E-state index in [9.17, 15) is 14.4 Å². The summed E-state index contributed by atoms with van der Waals surface area (Å²) >= 11 is 0. The molecule has 0 bridgehead atoms. The zero-order valence-corrected chi connectivity index (χ0v) is 53.8. The van der Waals surface area contributed by atoms with Crippen LogP contribution in [0.4, 0.5) is 0 Å². The molecule has 0 aliphatic carbocycles. The van der Waals surface area contributed by atoms with Crippen LogP contribution in [0.25, 0.3) is 0 Å². The zero-order valence-electron chi connectivity index (χ0n) is 53.8. The molecule has 6 nitrogen and oxygen atoms in total. The van der Waals surface area contributed by atoms with E-state index in [1.54, 1.807) is 0 Å². The fourth-order valence-corrected chi connectivity index (χ4v) is 10.0. The molecule has 0 amide bonds. The van der Waals surface area contributed by atoms with Gasteiger partial charge in [-0.3, -0.25) is 14.4 Å². The van der Waals surface area contributed by atoms with E-state index in [0.717, 1.165) is 89.9 Å². The molecule has 0 radical (unpaired) electrons. The van der Waals surface area contributed by atoms with E-state index in [-0.39, 0.29) is 31.1 Å². The Bertz CT molecular complexity index is 1530. The minimum absolute atomic E-state index is 0.0815. The maximum Gasteiger partial charge on any atom is 0.306 e. The number of esters is 3. The molecule has 1 atom stereocenters. The van der Waals surface area contributed by atoms with Gasteiger partial charge in [0.15, 0.2) is 6.10 Å². The Hall–Kier alpha value is -3.41. The number of hydrogen-bond donors (Lipinski definition) is 0. The van der Waals surface area contributed by atoms with Gasteiger partial charge in [0.25, 0.3) is 0 Å². The number of hydrogen-bond acceptors (Lipinski definition) is 6. The van der Waals surface area contributed by atoms with E-state index < -0.39 is 6.10 Å². The first-order chi connectivity index (χ1) is 40.0. The second kappa shape index (κ2) is 69.1. The predicted octanol–water partition coefficient (Wildman–Crippen LogP) is 24.2. The molecule has 0 rings (SSSR count). The Morgan fingerprint density at radius 3 is 0.716 bits per heavy atom. The standard InChI is InChI=1S/C75H132O6/c1-4-7-10-13-16-19-22-25-28-31-33-35-36-37-38-40-41-44-47-50-53-56-59-62-65-68-74(77)80-71-72(70-79-73(76)67-64-61-58-55-52-49-46-43-30-27-24-21-18-15-12-9-6-3)81-75(78)69-66-63-60-57-54-51-48-45-42-39-34-32-29-26-23-20-17-14-11-8-5-2/h18,21-23,25-27,30-34,36-37,72H,4-17,19-20,24,28-29,35,38-71H2,1-3H3/b21-18-,25-22-,26-23-,30-27-,33-31-,34-32-,37-36-. The smallest absolute Gasteiger partial charge is 0.306 e. The molecule has 0 fully saturated rings. The lowest BCUT2D eigenvalue weighted by molar-refractivity contribution is -0.167. The van der Waals surface area contributed by atoms with Crippen LogP contribution < -0.4 is 0 Å². The van der Waals surface area contributed by atoms with Gasteiger partial charge in [-0.15, -0.1) is 0 Å². The lowest BCUT2D eigenvalue weighted by Crippen LogP contribution is -2.30. The lowest BCUT2D eigenvalue weighted by atomic mass is 10.0. The summed E-state index contributed by atoms with van der Waals surface area (Å²) in [5.41, 5.74) is 0. The second-order valence-corrected chi connectivity index (χ2v) is 23.4. The van der Waals surface area contributed by atoms with Crippen molar-refractivity contribution in [2.24, 2.45) is 0 Å². The Balaban J connectivity index is 4.37. The highest BCUT2D eigenvalue weighted by atomic mass is 16.6. The highest BCUT2D eigenvalue weighted by Crippen LogP contribution is 2.17. The van der Waals surface area contributed by atoms with Crippen LogP contribution in [0, 0.1) is 0 Å². The molecule has 0 aliphatic rings. The molecular formula is C75H132O6. The summed E-state index contributed by atoms with van der Waals surface area (Å²) in [6.45, 7) is 6.62. The van der Waals surface area contributed by atoms with Gasteiger partial charge in [-0.05, 0) is 122 Å². The normalized spacial score (nSPS) is 12.6. The Kier molecular flexibility index (Phi) is 66.2. The van der Waals surface area contributed by atoms with Gasteiger partial charge >= 0.3 is 17.9 Å². The van der Waals surface area contributed by atoms with E-state index >= 15 is 0 Å². The maximum atomic E-state index is 13.0. The van der Waals surface area contributed by atoms with Crippen molar-refractivity contribution >= 4 is 17.9 Å². The maximum absolute atomic E-state index is 13.0. The predicted molar refractivity (Wildman–Crippen MR) is 353 cm³/mol. The first-order valence-corrected chi connectivity index (χ1v) is 35.1. The summed E-state index contributed by atoms with van der Waals surface area (Å²) in [4.78, 5) is 38.5. The molecule has 81 heavy (non-hydrogen) atoms. The highest BCUT2D eigenvalue weighted by Gasteiger charge is 2.19. The lowest BCUT2D eigenvalue weighted by Gasteiger charge is -2.18. The Morgan fingerprint density at radius 2 is 0.444 bits per heavy atom. The number of carbonyl (C=O) groups is 3. The summed E-state index contributed by atoms with van der Waals surface area (Å²) in [7, 11) is 0. The van der Waals surface area contributed by atoms with E-state index in [2.05, 4.69) is 106 Å². The summed E-state index contributed by atoms with van der Waals surface area (Å²) in [5, 5.41) is 0. The quantitative estimate of drug-likeness (QED) is 0.0261. The summed E-state index contributed by atoms with van der Waals surface area (Å²) in [6.07, 6.45) is 91.6. The van der Waals surface area contributed by atoms with Crippen molar-refractivity contribution in [2.45, 2.75) is 361 Å². The van der Waals surface area contributed by atoms with Gasteiger partial charge in [-0.2, -0.15) is 0 Å². The van der Waals surface area contributed by atoms with Crippen LogP contribution in [-0.2, 0) is 28.6 Å². The molecule has 0 aliphatic heterocycles. The molecule has 0 aromatic rings. The molecule has 0 spiro atoms. The van der Waals surface area contributed by atoms with Crippen LogP contribution in [-0.4, -0.2) is 37.2 Å². The van der Waals surface area contributed by atoms with Crippen LogP contribution in [0.15, 0.2) is 85.1 Å². The fourth-order valence-electron chi connectivity index (χ4n) is 10.0. The number of ether oxygens (including phenoxy) is 3. The summed E-state index contributed by atoms with van der Waals surface area (Å²) < 4.78 is 17.0. The van der Waals surface area contributed by atoms with Gasteiger partial charge in [0, 0.05) is 19.3 Å². The van der Waals surface area contributed by atoms with Crippen molar-refractivity contribution in [2.75, 3.05) is 13.2 Å². The van der Waals surface area contributed by atoms with Crippen molar-refractivity contribution in [1.29, 1.82) is 0 Å².